The molecule has 1 aromatic heterocycles. The first kappa shape index (κ1) is 12.9. The van der Waals surface area contributed by atoms with Crippen molar-refractivity contribution >= 4 is 5.97 Å². The van der Waals surface area contributed by atoms with Crippen LogP contribution in [0.2, 0.25) is 0 Å². The highest BCUT2D eigenvalue weighted by atomic mass is 16.5. The predicted octanol–water partition coefficient (Wildman–Crippen LogP) is 2.37. The average Bonchev–Trinajstić information content (AvgIpc) is 2.45. The van der Waals surface area contributed by atoms with Crippen LogP contribution in [-0.4, -0.2) is 23.2 Å². The van der Waals surface area contributed by atoms with E-state index < -0.39 is 5.97 Å². The van der Waals surface area contributed by atoms with Gasteiger partial charge >= 0.3 is 5.97 Å². The molecule has 0 atom stereocenters. The van der Waals surface area contributed by atoms with E-state index in [0.29, 0.717) is 11.5 Å². The number of nitrogens with zero attached hydrogens (tertiary/aromatic N) is 1. The van der Waals surface area contributed by atoms with E-state index >= 15 is 0 Å². The van der Waals surface area contributed by atoms with Crippen LogP contribution in [0.3, 0.4) is 0 Å². The number of hydrogen-bond acceptors (Lipinski definition) is 4. The van der Waals surface area contributed by atoms with Crippen molar-refractivity contribution in [1.29, 1.82) is 0 Å². The molecule has 1 aromatic carbocycles. The number of carboxylic acids is 1. The lowest BCUT2D eigenvalue weighted by molar-refractivity contribution is 0.0690. The van der Waals surface area contributed by atoms with E-state index in [1.165, 1.54) is 12.3 Å². The number of aromatic nitrogens is 1. The third kappa shape index (κ3) is 3.45. The van der Waals surface area contributed by atoms with Gasteiger partial charge in [0.2, 0.25) is 0 Å². The Bertz CT molecular complexity index is 583. The lowest BCUT2D eigenvalue weighted by Gasteiger charge is -2.08. The fourth-order valence-electron chi connectivity index (χ4n) is 1.54. The lowest BCUT2D eigenvalue weighted by atomic mass is 10.2. The molecule has 0 amide bonds. The van der Waals surface area contributed by atoms with Crippen molar-refractivity contribution in [3.8, 4) is 11.5 Å². The highest BCUT2D eigenvalue weighted by molar-refractivity contribution is 5.85. The zero-order chi connectivity index (χ0) is 13.7. The van der Waals surface area contributed by atoms with Crippen molar-refractivity contribution < 1.29 is 19.4 Å². The Morgan fingerprint density at radius 2 is 2.05 bits per heavy atom. The van der Waals surface area contributed by atoms with Crippen molar-refractivity contribution in [2.24, 2.45) is 0 Å². The Balaban J connectivity index is 2.05. The first-order valence-corrected chi connectivity index (χ1v) is 5.64. The summed E-state index contributed by atoms with van der Waals surface area (Å²) in [5, 5.41) is 8.84. The number of aromatic carboxylic acids is 1. The average molecular weight is 259 g/mol. The summed E-state index contributed by atoms with van der Waals surface area (Å²) in [4.78, 5) is 14.5. The van der Waals surface area contributed by atoms with Crippen molar-refractivity contribution in [3.63, 3.8) is 0 Å². The Kier molecular flexibility index (Phi) is 3.97. The fourth-order valence-corrected chi connectivity index (χ4v) is 1.54. The van der Waals surface area contributed by atoms with Gasteiger partial charge in [-0.25, -0.2) is 9.78 Å². The molecule has 0 spiro atoms. The molecule has 2 rings (SSSR count). The number of carboxylic acid groups (broad SMARTS) is 1. The predicted molar refractivity (Wildman–Crippen MR) is 68.5 cm³/mol. The lowest BCUT2D eigenvalue weighted by Crippen LogP contribution is -2.03. The van der Waals surface area contributed by atoms with E-state index in [-0.39, 0.29) is 12.3 Å². The molecule has 5 nitrogen and oxygen atoms in total. The number of methoxy groups -OCH3 is 1. The Labute approximate surface area is 110 Å². The SMILES string of the molecule is COc1cccc(OCc2ccnc(C(=O)O)c2)c1. The van der Waals surface area contributed by atoms with Crippen molar-refractivity contribution in [1.82, 2.24) is 4.98 Å². The van der Waals surface area contributed by atoms with Crippen LogP contribution in [0.4, 0.5) is 0 Å². The van der Waals surface area contributed by atoms with Crippen LogP contribution in [0.25, 0.3) is 0 Å². The van der Waals surface area contributed by atoms with E-state index in [9.17, 15) is 4.79 Å². The van der Waals surface area contributed by atoms with Crippen molar-refractivity contribution in [2.45, 2.75) is 6.61 Å². The zero-order valence-corrected chi connectivity index (χ0v) is 10.4. The quantitative estimate of drug-likeness (QED) is 0.892. The van der Waals surface area contributed by atoms with Gasteiger partial charge in [-0.05, 0) is 29.8 Å². The summed E-state index contributed by atoms with van der Waals surface area (Å²) in [6, 6.07) is 10.4. The van der Waals surface area contributed by atoms with E-state index in [1.807, 2.05) is 18.2 Å². The molecule has 0 radical (unpaired) electrons. The maximum atomic E-state index is 10.8. The Morgan fingerprint density at radius 1 is 1.26 bits per heavy atom. The molecule has 0 saturated carbocycles. The molecule has 0 aliphatic rings. The molecular weight excluding hydrogens is 246 g/mol. The summed E-state index contributed by atoms with van der Waals surface area (Å²) in [5.41, 5.74) is 0.752. The second-order valence-corrected chi connectivity index (χ2v) is 3.82. The van der Waals surface area contributed by atoms with Gasteiger partial charge in [0.15, 0.2) is 0 Å². The molecular formula is C14H13NO4. The summed E-state index contributed by atoms with van der Waals surface area (Å²) in [6.07, 6.45) is 1.45. The molecule has 0 aliphatic heterocycles. The van der Waals surface area contributed by atoms with Crippen LogP contribution in [-0.2, 0) is 6.61 Å². The van der Waals surface area contributed by atoms with E-state index in [1.54, 1.807) is 19.2 Å². The van der Waals surface area contributed by atoms with E-state index in [2.05, 4.69) is 4.98 Å². The minimum absolute atomic E-state index is 0.00624. The molecule has 0 unspecified atom stereocenters. The van der Waals surface area contributed by atoms with Gasteiger partial charge in [-0.3, -0.25) is 0 Å². The number of benzene rings is 1. The number of pyridine rings is 1. The van der Waals surface area contributed by atoms with E-state index in [0.717, 1.165) is 5.56 Å². The van der Waals surface area contributed by atoms with Gasteiger partial charge in [0.05, 0.1) is 7.11 Å². The van der Waals surface area contributed by atoms with Gasteiger partial charge in [0.1, 0.15) is 23.8 Å². The number of hydrogen-bond donors (Lipinski definition) is 1. The van der Waals surface area contributed by atoms with Gasteiger partial charge in [-0.2, -0.15) is 0 Å². The third-order valence-corrected chi connectivity index (χ3v) is 2.49. The minimum atomic E-state index is -1.05. The molecule has 19 heavy (non-hydrogen) atoms. The van der Waals surface area contributed by atoms with Crippen molar-refractivity contribution in [3.05, 3.63) is 53.9 Å². The molecule has 5 heteroatoms. The second kappa shape index (κ2) is 5.86. The molecule has 0 fully saturated rings. The van der Waals surface area contributed by atoms with Gasteiger partial charge in [-0.15, -0.1) is 0 Å². The topological polar surface area (TPSA) is 68.7 Å². The van der Waals surface area contributed by atoms with Crippen LogP contribution in [0.15, 0.2) is 42.6 Å². The van der Waals surface area contributed by atoms with Crippen LogP contribution in [0, 0.1) is 0 Å². The molecule has 1 heterocycles. The normalized spacial score (nSPS) is 9.95. The molecule has 0 aliphatic carbocycles. The van der Waals surface area contributed by atoms with Crippen LogP contribution < -0.4 is 9.47 Å². The number of carbonyl (C=O) groups is 1. The van der Waals surface area contributed by atoms with Crippen LogP contribution >= 0.6 is 0 Å². The molecule has 98 valence electrons. The van der Waals surface area contributed by atoms with Crippen molar-refractivity contribution in [2.75, 3.05) is 7.11 Å². The molecule has 2 aromatic rings. The standard InChI is InChI=1S/C14H13NO4/c1-18-11-3-2-4-12(8-11)19-9-10-5-6-15-13(7-10)14(16)17/h2-8H,9H2,1H3,(H,16,17). The number of rotatable bonds is 5. The summed E-state index contributed by atoms with van der Waals surface area (Å²) in [6.45, 7) is 0.274. The van der Waals surface area contributed by atoms with Gasteiger partial charge in [-0.1, -0.05) is 6.07 Å². The summed E-state index contributed by atoms with van der Waals surface area (Å²) < 4.78 is 10.7. The monoisotopic (exact) mass is 259 g/mol. The smallest absolute Gasteiger partial charge is 0.354 e. The molecule has 0 bridgehead atoms. The second-order valence-electron chi connectivity index (χ2n) is 3.82. The first-order chi connectivity index (χ1) is 9.19. The highest BCUT2D eigenvalue weighted by Gasteiger charge is 2.05. The third-order valence-electron chi connectivity index (χ3n) is 2.49. The summed E-state index contributed by atoms with van der Waals surface area (Å²) in [5.74, 6) is 0.315. The Morgan fingerprint density at radius 3 is 2.79 bits per heavy atom. The minimum Gasteiger partial charge on any atom is -0.497 e. The summed E-state index contributed by atoms with van der Waals surface area (Å²) >= 11 is 0. The van der Waals surface area contributed by atoms with Crippen LogP contribution in [0.5, 0.6) is 11.5 Å². The largest absolute Gasteiger partial charge is 0.497 e. The molecule has 0 saturated heterocycles. The number of ether oxygens (including phenoxy) is 2. The van der Waals surface area contributed by atoms with Gasteiger partial charge in [0.25, 0.3) is 0 Å². The Hall–Kier alpha value is -2.56. The highest BCUT2D eigenvalue weighted by Crippen LogP contribution is 2.19. The summed E-state index contributed by atoms with van der Waals surface area (Å²) in [7, 11) is 1.58. The maximum Gasteiger partial charge on any atom is 0.354 e. The first-order valence-electron chi connectivity index (χ1n) is 5.64. The van der Waals surface area contributed by atoms with Crippen LogP contribution in [0.1, 0.15) is 16.1 Å². The zero-order valence-electron chi connectivity index (χ0n) is 10.4. The van der Waals surface area contributed by atoms with Gasteiger partial charge in [0, 0.05) is 12.3 Å². The fraction of sp³-hybridized carbons (Fsp3) is 0.143. The van der Waals surface area contributed by atoms with E-state index in [4.69, 9.17) is 14.6 Å². The van der Waals surface area contributed by atoms with Gasteiger partial charge < -0.3 is 14.6 Å². The molecule has 1 N–H and O–H groups in total. The maximum absolute atomic E-state index is 10.8.